The molecule has 1 N–H and O–H groups in total. The molecule has 6 nitrogen and oxygen atoms in total. The molecule has 122 valence electrons. The van der Waals surface area contributed by atoms with Gasteiger partial charge in [-0.1, -0.05) is 30.3 Å². The molecule has 0 radical (unpaired) electrons. The van der Waals surface area contributed by atoms with E-state index >= 15 is 0 Å². The summed E-state index contributed by atoms with van der Waals surface area (Å²) in [5.74, 6) is 1.54. The Labute approximate surface area is 137 Å². The molecule has 0 saturated carbocycles. The molecule has 1 aliphatic rings. The van der Waals surface area contributed by atoms with E-state index in [0.717, 1.165) is 57.3 Å². The third-order valence-corrected chi connectivity index (χ3v) is 4.12. The highest BCUT2D eigenvalue weighted by Crippen LogP contribution is 2.12. The first-order valence-corrected chi connectivity index (χ1v) is 8.22. The largest absolute Gasteiger partial charge is 0.369 e. The van der Waals surface area contributed by atoms with Gasteiger partial charge in [-0.25, -0.2) is 0 Å². The van der Waals surface area contributed by atoms with E-state index in [0.29, 0.717) is 0 Å². The molecule has 6 heteroatoms. The molecule has 0 unspecified atom stereocenters. The third kappa shape index (κ3) is 4.63. The van der Waals surface area contributed by atoms with E-state index in [4.69, 9.17) is 0 Å². The molecule has 23 heavy (non-hydrogen) atoms. The summed E-state index contributed by atoms with van der Waals surface area (Å²) in [6.07, 6.45) is 3.83. The number of likely N-dealkylation sites (N-methyl/N-ethyl adjacent to an activating group) is 1. The summed E-state index contributed by atoms with van der Waals surface area (Å²) in [4.78, 5) is 9.10. The molecule has 0 amide bonds. The van der Waals surface area contributed by atoms with E-state index < -0.39 is 0 Å². The van der Waals surface area contributed by atoms with Crippen molar-refractivity contribution in [1.82, 2.24) is 20.1 Å². The number of aryl methyl sites for hydroxylation is 1. The van der Waals surface area contributed by atoms with Gasteiger partial charge >= 0.3 is 0 Å². The van der Waals surface area contributed by atoms with E-state index in [2.05, 4.69) is 61.6 Å². The monoisotopic (exact) mass is 312 g/mol. The SMILES string of the molecule is CN1CCN(c2nncc(NCCCc3ccccc3)n2)CC1. The highest BCUT2D eigenvalue weighted by atomic mass is 15.4. The first kappa shape index (κ1) is 15.7. The van der Waals surface area contributed by atoms with Gasteiger partial charge in [0, 0.05) is 32.7 Å². The highest BCUT2D eigenvalue weighted by Gasteiger charge is 2.16. The number of hydrogen-bond donors (Lipinski definition) is 1. The van der Waals surface area contributed by atoms with Crippen molar-refractivity contribution in [2.45, 2.75) is 12.8 Å². The lowest BCUT2D eigenvalue weighted by atomic mass is 10.1. The summed E-state index contributed by atoms with van der Waals surface area (Å²) in [5, 5.41) is 11.6. The number of nitrogens with zero attached hydrogens (tertiary/aromatic N) is 5. The van der Waals surface area contributed by atoms with E-state index in [9.17, 15) is 0 Å². The third-order valence-electron chi connectivity index (χ3n) is 4.12. The lowest BCUT2D eigenvalue weighted by Crippen LogP contribution is -2.45. The molecule has 2 aromatic rings. The quantitative estimate of drug-likeness (QED) is 0.819. The van der Waals surface area contributed by atoms with Crippen LogP contribution in [0.4, 0.5) is 11.8 Å². The molecule has 1 aliphatic heterocycles. The molecule has 0 bridgehead atoms. The summed E-state index contributed by atoms with van der Waals surface area (Å²) in [6.45, 7) is 4.87. The Bertz CT molecular complexity index is 595. The van der Waals surface area contributed by atoms with Crippen molar-refractivity contribution in [3.05, 3.63) is 42.1 Å². The maximum absolute atomic E-state index is 4.59. The van der Waals surface area contributed by atoms with E-state index in [-0.39, 0.29) is 0 Å². The minimum Gasteiger partial charge on any atom is -0.369 e. The second-order valence-electron chi connectivity index (χ2n) is 5.95. The lowest BCUT2D eigenvalue weighted by Gasteiger charge is -2.32. The van der Waals surface area contributed by atoms with Gasteiger partial charge in [0.1, 0.15) is 0 Å². The van der Waals surface area contributed by atoms with Crippen LogP contribution in [0.25, 0.3) is 0 Å². The summed E-state index contributed by atoms with van der Waals surface area (Å²) >= 11 is 0. The van der Waals surface area contributed by atoms with Gasteiger partial charge in [0.15, 0.2) is 5.82 Å². The summed E-state index contributed by atoms with van der Waals surface area (Å²) in [5.41, 5.74) is 1.37. The van der Waals surface area contributed by atoms with Gasteiger partial charge in [-0.2, -0.15) is 10.1 Å². The van der Waals surface area contributed by atoms with Crippen molar-refractivity contribution in [3.63, 3.8) is 0 Å². The van der Waals surface area contributed by atoms with Crippen molar-refractivity contribution in [2.75, 3.05) is 50.0 Å². The molecule has 1 aromatic carbocycles. The highest BCUT2D eigenvalue weighted by molar-refractivity contribution is 5.39. The minimum absolute atomic E-state index is 0.728. The summed E-state index contributed by atoms with van der Waals surface area (Å²) in [7, 11) is 2.14. The average Bonchev–Trinajstić information content (AvgIpc) is 2.61. The Morgan fingerprint density at radius 1 is 1.09 bits per heavy atom. The van der Waals surface area contributed by atoms with Crippen molar-refractivity contribution >= 4 is 11.8 Å². The maximum atomic E-state index is 4.59. The van der Waals surface area contributed by atoms with Crippen LogP contribution < -0.4 is 10.2 Å². The van der Waals surface area contributed by atoms with Gasteiger partial charge < -0.3 is 15.1 Å². The summed E-state index contributed by atoms with van der Waals surface area (Å²) < 4.78 is 0. The number of nitrogens with one attached hydrogen (secondary N) is 1. The van der Waals surface area contributed by atoms with Gasteiger partial charge in [-0.05, 0) is 25.5 Å². The second kappa shape index (κ2) is 7.87. The summed E-state index contributed by atoms with van der Waals surface area (Å²) in [6, 6.07) is 10.5. The zero-order chi connectivity index (χ0) is 15.9. The number of piperazine rings is 1. The van der Waals surface area contributed by atoms with Crippen LogP contribution in [0.1, 0.15) is 12.0 Å². The Morgan fingerprint density at radius 3 is 2.65 bits per heavy atom. The minimum atomic E-state index is 0.728. The van der Waals surface area contributed by atoms with Crippen molar-refractivity contribution in [1.29, 1.82) is 0 Å². The normalized spacial score (nSPS) is 15.6. The first-order chi connectivity index (χ1) is 11.3. The van der Waals surface area contributed by atoms with Crippen molar-refractivity contribution in [3.8, 4) is 0 Å². The average molecular weight is 312 g/mol. The first-order valence-electron chi connectivity index (χ1n) is 8.22. The molecule has 1 aromatic heterocycles. The van der Waals surface area contributed by atoms with Crippen LogP contribution in [-0.2, 0) is 6.42 Å². The number of anilines is 2. The Kier molecular flexibility index (Phi) is 5.37. The van der Waals surface area contributed by atoms with Crippen LogP contribution in [0.5, 0.6) is 0 Å². The maximum Gasteiger partial charge on any atom is 0.247 e. The standard InChI is InChI=1S/C17H24N6/c1-22-10-12-23(13-11-22)17-20-16(14-19-21-17)18-9-5-8-15-6-3-2-4-7-15/h2-4,6-7,14H,5,8-13H2,1H3,(H,18,20,21). The molecule has 1 saturated heterocycles. The number of benzene rings is 1. The van der Waals surface area contributed by atoms with Crippen molar-refractivity contribution < 1.29 is 0 Å². The van der Waals surface area contributed by atoms with Crippen LogP contribution in [0.3, 0.4) is 0 Å². The van der Waals surface area contributed by atoms with Gasteiger partial charge in [-0.3, -0.25) is 0 Å². The Balaban J connectivity index is 1.48. The number of hydrogen-bond acceptors (Lipinski definition) is 6. The molecular weight excluding hydrogens is 288 g/mol. The van der Waals surface area contributed by atoms with Crippen LogP contribution >= 0.6 is 0 Å². The van der Waals surface area contributed by atoms with Gasteiger partial charge in [0.05, 0.1) is 6.20 Å². The van der Waals surface area contributed by atoms with Gasteiger partial charge in [-0.15, -0.1) is 5.10 Å². The lowest BCUT2D eigenvalue weighted by molar-refractivity contribution is 0.311. The smallest absolute Gasteiger partial charge is 0.247 e. The molecular formula is C17H24N6. The van der Waals surface area contributed by atoms with Crippen LogP contribution in [0.15, 0.2) is 36.5 Å². The van der Waals surface area contributed by atoms with Gasteiger partial charge in [0.2, 0.25) is 5.95 Å². The molecule has 3 rings (SSSR count). The predicted molar refractivity (Wildman–Crippen MR) is 92.8 cm³/mol. The fourth-order valence-corrected chi connectivity index (χ4v) is 2.67. The fourth-order valence-electron chi connectivity index (χ4n) is 2.67. The molecule has 1 fully saturated rings. The number of rotatable bonds is 6. The molecule has 0 aliphatic carbocycles. The number of aromatic nitrogens is 3. The van der Waals surface area contributed by atoms with Crippen molar-refractivity contribution in [2.24, 2.45) is 0 Å². The molecule has 2 heterocycles. The topological polar surface area (TPSA) is 57.2 Å². The molecule has 0 spiro atoms. The second-order valence-corrected chi connectivity index (χ2v) is 5.95. The fraction of sp³-hybridized carbons (Fsp3) is 0.471. The van der Waals surface area contributed by atoms with E-state index in [1.54, 1.807) is 6.20 Å². The zero-order valence-electron chi connectivity index (χ0n) is 13.6. The zero-order valence-corrected chi connectivity index (χ0v) is 13.6. The van der Waals surface area contributed by atoms with E-state index in [1.165, 1.54) is 5.56 Å². The van der Waals surface area contributed by atoms with Crippen LogP contribution in [0, 0.1) is 0 Å². The van der Waals surface area contributed by atoms with E-state index in [1.807, 2.05) is 6.07 Å². The Hall–Kier alpha value is -2.21. The Morgan fingerprint density at radius 2 is 1.87 bits per heavy atom. The molecule has 0 atom stereocenters. The van der Waals surface area contributed by atoms with Crippen LogP contribution in [0.2, 0.25) is 0 Å². The predicted octanol–water partition coefficient (Wildman–Crippen LogP) is 1.67. The van der Waals surface area contributed by atoms with Gasteiger partial charge in [0.25, 0.3) is 0 Å². The van der Waals surface area contributed by atoms with Crippen LogP contribution in [-0.4, -0.2) is 59.9 Å².